The van der Waals surface area contributed by atoms with Gasteiger partial charge in [-0.3, -0.25) is 0 Å². The van der Waals surface area contributed by atoms with E-state index < -0.39 is 23.9 Å². The molecule has 0 N–H and O–H groups in total. The third kappa shape index (κ3) is 36.3. The SMILES string of the molecule is CCCCCCCCCCCCCOC(=O)c1ccccc1C(=O)OCCCCCCCCCCCCC.CCCCCCCCCCOC(=O)c1ccccc1C(=O)OCCCCCCCCCC. The van der Waals surface area contributed by atoms with Crippen LogP contribution in [0.15, 0.2) is 48.5 Å². The van der Waals surface area contributed by atoms with Crippen LogP contribution >= 0.6 is 0 Å². The minimum absolute atomic E-state index is 0.299. The molecule has 0 saturated carbocycles. The van der Waals surface area contributed by atoms with Crippen LogP contribution in [-0.4, -0.2) is 50.3 Å². The molecule has 0 saturated heterocycles. The standard InChI is InChI=1S/C34H58O4.C28H46O4/c1-3-5-7-9-11-13-15-17-19-21-25-29-37-33(35)31-27-23-24-28-32(31)34(36)38-30-26-22-20-18-16-14-12-10-8-6-4-2;1-3-5-7-9-11-13-15-19-23-31-27(29)25-21-17-18-22-26(25)28(30)32-24-20-16-14-12-10-8-6-4-2/h23-24,27-28H,3-22,25-26,29-30H2,1-2H3;17-18,21-22H,3-16,19-20,23-24H2,1-2H3. The number of rotatable bonds is 46. The van der Waals surface area contributed by atoms with Gasteiger partial charge in [0.15, 0.2) is 0 Å². The normalized spacial score (nSPS) is 10.9. The average molecular weight is 978 g/mol. The van der Waals surface area contributed by atoms with Gasteiger partial charge in [-0.25, -0.2) is 19.2 Å². The van der Waals surface area contributed by atoms with Gasteiger partial charge in [0.25, 0.3) is 0 Å². The summed E-state index contributed by atoms with van der Waals surface area (Å²) in [5.74, 6) is -1.74. The fraction of sp³-hybridized carbons (Fsp3) is 0.742. The molecule has 0 aromatic heterocycles. The summed E-state index contributed by atoms with van der Waals surface area (Å²) in [4.78, 5) is 50.1. The summed E-state index contributed by atoms with van der Waals surface area (Å²) in [6, 6.07) is 13.6. The lowest BCUT2D eigenvalue weighted by Crippen LogP contribution is -2.15. The molecule has 0 amide bonds. The van der Waals surface area contributed by atoms with E-state index in [2.05, 4.69) is 27.7 Å². The minimum Gasteiger partial charge on any atom is -0.462 e. The quantitative estimate of drug-likeness (QED) is 0.0367. The molecule has 0 radical (unpaired) electrons. The summed E-state index contributed by atoms with van der Waals surface area (Å²) in [5, 5.41) is 0. The van der Waals surface area contributed by atoms with Crippen LogP contribution in [0.5, 0.6) is 0 Å². The van der Waals surface area contributed by atoms with Crippen LogP contribution in [0, 0.1) is 0 Å². The third-order valence-electron chi connectivity index (χ3n) is 13.2. The highest BCUT2D eigenvalue weighted by molar-refractivity contribution is 6.03. The summed E-state index contributed by atoms with van der Waals surface area (Å²) in [6.07, 6.45) is 46.8. The van der Waals surface area contributed by atoms with E-state index in [1.54, 1.807) is 48.5 Å². The van der Waals surface area contributed by atoms with E-state index in [-0.39, 0.29) is 0 Å². The Bertz CT molecular complexity index is 1430. The Labute approximate surface area is 429 Å². The lowest BCUT2D eigenvalue weighted by Gasteiger charge is -2.10. The summed E-state index contributed by atoms with van der Waals surface area (Å²) in [5.41, 5.74) is 1.21. The second-order valence-corrected chi connectivity index (χ2v) is 19.7. The van der Waals surface area contributed by atoms with E-state index in [9.17, 15) is 19.2 Å². The van der Waals surface area contributed by atoms with E-state index in [4.69, 9.17) is 18.9 Å². The van der Waals surface area contributed by atoms with Crippen molar-refractivity contribution in [3.05, 3.63) is 70.8 Å². The second kappa shape index (κ2) is 48.9. The molecule has 70 heavy (non-hydrogen) atoms. The molecule has 0 atom stereocenters. The van der Waals surface area contributed by atoms with Crippen molar-refractivity contribution in [3.63, 3.8) is 0 Å². The van der Waals surface area contributed by atoms with Crippen molar-refractivity contribution >= 4 is 23.9 Å². The van der Waals surface area contributed by atoms with Crippen molar-refractivity contribution in [2.24, 2.45) is 0 Å². The fourth-order valence-corrected chi connectivity index (χ4v) is 8.65. The Balaban J connectivity index is 0.000000710. The first-order valence-electron chi connectivity index (χ1n) is 29.3. The highest BCUT2D eigenvalue weighted by Crippen LogP contribution is 2.18. The van der Waals surface area contributed by atoms with Crippen molar-refractivity contribution in [2.45, 2.75) is 272 Å². The molecule has 2 aromatic carbocycles. The van der Waals surface area contributed by atoms with Crippen LogP contribution in [0.3, 0.4) is 0 Å². The average Bonchev–Trinajstić information content (AvgIpc) is 3.38. The summed E-state index contributed by atoms with van der Waals surface area (Å²) < 4.78 is 21.8. The molecule has 0 aliphatic rings. The first kappa shape index (κ1) is 64.3. The lowest BCUT2D eigenvalue weighted by molar-refractivity contribution is 0.0450. The predicted molar refractivity (Wildman–Crippen MR) is 292 cm³/mol. The number of carbonyl (C=O) groups is 4. The largest absolute Gasteiger partial charge is 0.462 e. The van der Waals surface area contributed by atoms with Gasteiger partial charge in [-0.1, -0.05) is 270 Å². The van der Waals surface area contributed by atoms with Gasteiger partial charge >= 0.3 is 23.9 Å². The second-order valence-electron chi connectivity index (χ2n) is 19.7. The van der Waals surface area contributed by atoms with Gasteiger partial charge in [-0.05, 0) is 49.9 Å². The highest BCUT2D eigenvalue weighted by Gasteiger charge is 2.20. The van der Waals surface area contributed by atoms with Crippen LogP contribution in [-0.2, 0) is 18.9 Å². The van der Waals surface area contributed by atoms with Crippen molar-refractivity contribution in [1.29, 1.82) is 0 Å². The van der Waals surface area contributed by atoms with Gasteiger partial charge in [0.05, 0.1) is 48.7 Å². The topological polar surface area (TPSA) is 105 Å². The Morgan fingerprint density at radius 3 is 0.543 bits per heavy atom. The molecule has 0 unspecified atom stereocenters. The number of carbonyl (C=O) groups excluding carboxylic acids is 4. The van der Waals surface area contributed by atoms with E-state index in [0.29, 0.717) is 48.7 Å². The van der Waals surface area contributed by atoms with Crippen molar-refractivity contribution in [3.8, 4) is 0 Å². The number of hydrogen-bond donors (Lipinski definition) is 0. The first-order valence-corrected chi connectivity index (χ1v) is 29.3. The number of unbranched alkanes of at least 4 members (excludes halogenated alkanes) is 34. The Morgan fingerprint density at radius 2 is 0.386 bits per heavy atom. The lowest BCUT2D eigenvalue weighted by atomic mass is 10.1. The fourth-order valence-electron chi connectivity index (χ4n) is 8.65. The van der Waals surface area contributed by atoms with E-state index >= 15 is 0 Å². The van der Waals surface area contributed by atoms with E-state index in [0.717, 1.165) is 51.4 Å². The molecule has 0 aliphatic heterocycles. The molecular formula is C62H104O8. The zero-order chi connectivity index (χ0) is 50.8. The van der Waals surface area contributed by atoms with Gasteiger partial charge in [0.2, 0.25) is 0 Å². The monoisotopic (exact) mass is 977 g/mol. The molecule has 0 aliphatic carbocycles. The van der Waals surface area contributed by atoms with Gasteiger partial charge in [0.1, 0.15) is 0 Å². The van der Waals surface area contributed by atoms with Crippen LogP contribution in [0.4, 0.5) is 0 Å². The van der Waals surface area contributed by atoms with Crippen LogP contribution in [0.1, 0.15) is 313 Å². The van der Waals surface area contributed by atoms with Crippen molar-refractivity contribution in [1.82, 2.24) is 0 Å². The maximum atomic E-state index is 12.6. The molecule has 0 spiro atoms. The highest BCUT2D eigenvalue weighted by atomic mass is 16.5. The third-order valence-corrected chi connectivity index (χ3v) is 13.2. The summed E-state index contributed by atoms with van der Waals surface area (Å²) >= 11 is 0. The Morgan fingerprint density at radius 1 is 0.243 bits per heavy atom. The van der Waals surface area contributed by atoms with Gasteiger partial charge in [0, 0.05) is 0 Å². The molecule has 0 heterocycles. The first-order chi connectivity index (χ1) is 34.4. The maximum absolute atomic E-state index is 12.6. The minimum atomic E-state index is -0.437. The number of ether oxygens (including phenoxy) is 4. The Hall–Kier alpha value is -3.68. The molecule has 8 nitrogen and oxygen atoms in total. The zero-order valence-electron chi connectivity index (χ0n) is 45.6. The van der Waals surface area contributed by atoms with Gasteiger partial charge in [-0.15, -0.1) is 0 Å². The molecular weight excluding hydrogens is 873 g/mol. The van der Waals surface area contributed by atoms with E-state index in [1.165, 1.54) is 193 Å². The van der Waals surface area contributed by atoms with Crippen LogP contribution in [0.25, 0.3) is 0 Å². The molecule has 2 aromatic rings. The van der Waals surface area contributed by atoms with Crippen LogP contribution < -0.4 is 0 Å². The van der Waals surface area contributed by atoms with Gasteiger partial charge in [-0.2, -0.15) is 0 Å². The van der Waals surface area contributed by atoms with E-state index in [1.807, 2.05) is 0 Å². The van der Waals surface area contributed by atoms with Crippen molar-refractivity contribution in [2.75, 3.05) is 26.4 Å². The zero-order valence-corrected chi connectivity index (χ0v) is 45.6. The smallest absolute Gasteiger partial charge is 0.339 e. The number of esters is 4. The molecule has 0 bridgehead atoms. The number of hydrogen-bond acceptors (Lipinski definition) is 8. The maximum Gasteiger partial charge on any atom is 0.339 e. The Kier molecular flexibility index (Phi) is 45.0. The molecule has 2 rings (SSSR count). The van der Waals surface area contributed by atoms with Crippen molar-refractivity contribution < 1.29 is 38.1 Å². The number of benzene rings is 2. The summed E-state index contributed by atoms with van der Waals surface area (Å²) in [6.45, 7) is 10.6. The predicted octanol–water partition coefficient (Wildman–Crippen LogP) is 18.9. The van der Waals surface area contributed by atoms with Gasteiger partial charge < -0.3 is 18.9 Å². The molecule has 0 fully saturated rings. The molecule has 400 valence electrons. The molecule has 8 heteroatoms. The summed E-state index contributed by atoms with van der Waals surface area (Å²) in [7, 11) is 0. The van der Waals surface area contributed by atoms with Crippen LogP contribution in [0.2, 0.25) is 0 Å².